The summed E-state index contributed by atoms with van der Waals surface area (Å²) in [6, 6.07) is 20.6. The Morgan fingerprint density at radius 3 is 2.43 bits per heavy atom. The molecular weight excluding hydrogens is 370 g/mol. The fraction of sp³-hybridized carbons (Fsp3) is 0.0455. The van der Waals surface area contributed by atoms with E-state index in [9.17, 15) is 4.79 Å². The van der Waals surface area contributed by atoms with E-state index in [2.05, 4.69) is 15.3 Å². The largest absolute Gasteiger partial charge is 0.457 e. The summed E-state index contributed by atoms with van der Waals surface area (Å²) in [5.74, 6) is 1.29. The Kier molecular flexibility index (Phi) is 5.12. The second-order valence-corrected chi connectivity index (χ2v) is 7.07. The Hall–Kier alpha value is -3.51. The van der Waals surface area contributed by atoms with Crippen LogP contribution in [-0.2, 0) is 0 Å². The van der Waals surface area contributed by atoms with Crippen molar-refractivity contribution < 1.29 is 9.53 Å². The van der Waals surface area contributed by atoms with Crippen molar-refractivity contribution in [2.75, 3.05) is 5.32 Å². The Balaban J connectivity index is 1.46. The predicted octanol–water partition coefficient (Wildman–Crippen LogP) is 5.56. The lowest BCUT2D eigenvalue weighted by Gasteiger charge is -2.07. The van der Waals surface area contributed by atoms with Gasteiger partial charge in [0, 0.05) is 23.6 Å². The highest BCUT2D eigenvalue weighted by atomic mass is 32.1. The minimum absolute atomic E-state index is 0.179. The Morgan fingerprint density at radius 1 is 0.964 bits per heavy atom. The number of amides is 1. The van der Waals surface area contributed by atoms with Gasteiger partial charge in [-0.3, -0.25) is 9.78 Å². The molecule has 0 spiro atoms. The van der Waals surface area contributed by atoms with E-state index in [0.29, 0.717) is 22.0 Å². The first-order valence-electron chi connectivity index (χ1n) is 8.71. The SMILES string of the molecule is Cc1nc(-c2cccnc2)sc1C(=O)Nc1ccc(Oc2ccccc2)cc1. The number of aromatic nitrogens is 2. The molecule has 1 amide bonds. The number of thiazole rings is 1. The number of para-hydroxylation sites is 1. The van der Waals surface area contributed by atoms with E-state index in [1.54, 1.807) is 12.4 Å². The number of aryl methyl sites for hydroxylation is 1. The highest BCUT2D eigenvalue weighted by Crippen LogP contribution is 2.28. The summed E-state index contributed by atoms with van der Waals surface area (Å²) in [4.78, 5) is 21.9. The second kappa shape index (κ2) is 8.02. The summed E-state index contributed by atoms with van der Waals surface area (Å²) in [6.07, 6.45) is 3.45. The van der Waals surface area contributed by atoms with Gasteiger partial charge in [0.15, 0.2) is 0 Å². The number of ether oxygens (including phenoxy) is 1. The van der Waals surface area contributed by atoms with Crippen LogP contribution in [0.25, 0.3) is 10.6 Å². The van der Waals surface area contributed by atoms with Crippen molar-refractivity contribution in [2.45, 2.75) is 6.92 Å². The summed E-state index contributed by atoms with van der Waals surface area (Å²) < 4.78 is 5.77. The Morgan fingerprint density at radius 2 is 1.71 bits per heavy atom. The maximum absolute atomic E-state index is 12.7. The van der Waals surface area contributed by atoms with Crippen LogP contribution in [0.5, 0.6) is 11.5 Å². The number of nitrogens with zero attached hydrogens (tertiary/aromatic N) is 2. The van der Waals surface area contributed by atoms with Gasteiger partial charge in [0.2, 0.25) is 0 Å². The van der Waals surface area contributed by atoms with Crippen LogP contribution in [0.15, 0.2) is 79.1 Å². The van der Waals surface area contributed by atoms with Crippen LogP contribution in [0.1, 0.15) is 15.4 Å². The smallest absolute Gasteiger partial charge is 0.267 e. The third kappa shape index (κ3) is 4.07. The normalized spacial score (nSPS) is 10.5. The van der Waals surface area contributed by atoms with E-state index in [1.807, 2.05) is 73.7 Å². The third-order valence-electron chi connectivity index (χ3n) is 4.00. The average molecular weight is 387 g/mol. The number of pyridine rings is 1. The maximum atomic E-state index is 12.7. The Labute approximate surface area is 166 Å². The van der Waals surface area contributed by atoms with Crippen molar-refractivity contribution in [3.8, 4) is 22.1 Å². The summed E-state index contributed by atoms with van der Waals surface area (Å²) in [5.41, 5.74) is 2.29. The molecule has 2 aromatic heterocycles. The maximum Gasteiger partial charge on any atom is 0.267 e. The molecule has 0 saturated heterocycles. The summed E-state index contributed by atoms with van der Waals surface area (Å²) in [5, 5.41) is 3.70. The van der Waals surface area contributed by atoms with E-state index >= 15 is 0 Å². The molecule has 0 fully saturated rings. The number of rotatable bonds is 5. The topological polar surface area (TPSA) is 64.1 Å². The zero-order valence-corrected chi connectivity index (χ0v) is 15.9. The van der Waals surface area contributed by atoms with Gasteiger partial charge in [-0.2, -0.15) is 0 Å². The van der Waals surface area contributed by atoms with E-state index in [4.69, 9.17) is 4.74 Å². The van der Waals surface area contributed by atoms with Gasteiger partial charge in [0.25, 0.3) is 5.91 Å². The van der Waals surface area contributed by atoms with Crippen LogP contribution in [0, 0.1) is 6.92 Å². The molecule has 4 rings (SSSR count). The zero-order valence-electron chi connectivity index (χ0n) is 15.1. The molecule has 138 valence electrons. The number of hydrogen-bond donors (Lipinski definition) is 1. The number of nitrogens with one attached hydrogen (secondary N) is 1. The van der Waals surface area contributed by atoms with Crippen molar-refractivity contribution in [3.63, 3.8) is 0 Å². The molecule has 0 aliphatic rings. The molecule has 0 saturated carbocycles. The van der Waals surface area contributed by atoms with E-state index < -0.39 is 0 Å². The number of anilines is 1. The molecule has 0 atom stereocenters. The third-order valence-corrected chi connectivity index (χ3v) is 5.21. The van der Waals surface area contributed by atoms with Crippen LogP contribution in [-0.4, -0.2) is 15.9 Å². The number of carbonyl (C=O) groups is 1. The molecule has 0 unspecified atom stereocenters. The van der Waals surface area contributed by atoms with Crippen molar-refractivity contribution in [3.05, 3.63) is 89.7 Å². The lowest BCUT2D eigenvalue weighted by molar-refractivity contribution is 0.103. The lowest BCUT2D eigenvalue weighted by Crippen LogP contribution is -2.11. The van der Waals surface area contributed by atoms with Crippen molar-refractivity contribution in [1.82, 2.24) is 9.97 Å². The zero-order chi connectivity index (χ0) is 19.3. The molecule has 1 N–H and O–H groups in total. The van der Waals surface area contributed by atoms with E-state index in [1.165, 1.54) is 11.3 Å². The highest BCUT2D eigenvalue weighted by molar-refractivity contribution is 7.17. The second-order valence-electron chi connectivity index (χ2n) is 6.07. The van der Waals surface area contributed by atoms with Crippen molar-refractivity contribution >= 4 is 22.9 Å². The Bertz CT molecular complexity index is 1080. The quantitative estimate of drug-likeness (QED) is 0.487. The van der Waals surface area contributed by atoms with Gasteiger partial charge >= 0.3 is 0 Å². The summed E-state index contributed by atoms with van der Waals surface area (Å²) >= 11 is 1.36. The molecule has 0 bridgehead atoms. The molecule has 28 heavy (non-hydrogen) atoms. The van der Waals surface area contributed by atoms with E-state index in [-0.39, 0.29) is 5.91 Å². The van der Waals surface area contributed by atoms with Crippen LogP contribution >= 0.6 is 11.3 Å². The molecule has 0 aliphatic carbocycles. The number of benzene rings is 2. The monoisotopic (exact) mass is 387 g/mol. The van der Waals surface area contributed by atoms with Crippen molar-refractivity contribution in [2.24, 2.45) is 0 Å². The molecule has 2 aromatic carbocycles. The average Bonchev–Trinajstić information content (AvgIpc) is 3.13. The first kappa shape index (κ1) is 17.9. The van der Waals surface area contributed by atoms with Gasteiger partial charge < -0.3 is 10.1 Å². The first-order chi connectivity index (χ1) is 13.7. The fourth-order valence-electron chi connectivity index (χ4n) is 2.64. The summed E-state index contributed by atoms with van der Waals surface area (Å²) in [7, 11) is 0. The molecule has 0 aliphatic heterocycles. The molecule has 6 heteroatoms. The highest BCUT2D eigenvalue weighted by Gasteiger charge is 2.16. The van der Waals surface area contributed by atoms with Gasteiger partial charge in [-0.05, 0) is 55.5 Å². The van der Waals surface area contributed by atoms with Crippen LogP contribution in [0.4, 0.5) is 5.69 Å². The predicted molar refractivity (Wildman–Crippen MR) is 111 cm³/mol. The van der Waals surface area contributed by atoms with Gasteiger partial charge in [-0.1, -0.05) is 18.2 Å². The van der Waals surface area contributed by atoms with Gasteiger partial charge in [-0.25, -0.2) is 4.98 Å². The lowest BCUT2D eigenvalue weighted by atomic mass is 10.3. The molecular formula is C22H17N3O2S. The number of hydrogen-bond acceptors (Lipinski definition) is 5. The van der Waals surface area contributed by atoms with Crippen LogP contribution < -0.4 is 10.1 Å². The fourth-order valence-corrected chi connectivity index (χ4v) is 3.59. The van der Waals surface area contributed by atoms with Gasteiger partial charge in [0.1, 0.15) is 21.4 Å². The van der Waals surface area contributed by atoms with E-state index in [0.717, 1.165) is 16.3 Å². The van der Waals surface area contributed by atoms with Crippen molar-refractivity contribution in [1.29, 1.82) is 0 Å². The van der Waals surface area contributed by atoms with Gasteiger partial charge in [0.05, 0.1) is 5.69 Å². The first-order valence-corrected chi connectivity index (χ1v) is 9.53. The molecule has 2 heterocycles. The van der Waals surface area contributed by atoms with Gasteiger partial charge in [-0.15, -0.1) is 11.3 Å². The molecule has 4 aromatic rings. The van der Waals surface area contributed by atoms with Crippen LogP contribution in [0.2, 0.25) is 0 Å². The molecule has 0 radical (unpaired) electrons. The summed E-state index contributed by atoms with van der Waals surface area (Å²) in [6.45, 7) is 1.84. The number of carbonyl (C=O) groups excluding carboxylic acids is 1. The molecule has 5 nitrogen and oxygen atoms in total. The minimum Gasteiger partial charge on any atom is -0.457 e. The minimum atomic E-state index is -0.179. The van der Waals surface area contributed by atoms with Crippen LogP contribution in [0.3, 0.4) is 0 Å². The standard InChI is InChI=1S/C22H17N3O2S/c1-15-20(28-22(24-15)16-6-5-13-23-14-16)21(26)25-17-9-11-19(12-10-17)27-18-7-3-2-4-8-18/h2-14H,1H3,(H,25,26).